The number of hydrogen-bond acceptors (Lipinski definition) is 2. The molecule has 0 unspecified atom stereocenters. The summed E-state index contributed by atoms with van der Waals surface area (Å²) >= 11 is 0. The molecule has 0 amide bonds. The summed E-state index contributed by atoms with van der Waals surface area (Å²) in [5.74, 6) is 0. The lowest BCUT2D eigenvalue weighted by molar-refractivity contribution is 0.861. The van der Waals surface area contributed by atoms with Gasteiger partial charge in [0.15, 0.2) is 0 Å². The van der Waals surface area contributed by atoms with Gasteiger partial charge < -0.3 is 5.43 Å². The van der Waals surface area contributed by atoms with Crippen LogP contribution in [0.5, 0.6) is 0 Å². The molecule has 1 N–H and O–H groups in total. The highest BCUT2D eigenvalue weighted by atomic mass is 15.3. The second-order valence-corrected chi connectivity index (χ2v) is 2.01. The summed E-state index contributed by atoms with van der Waals surface area (Å²) in [6, 6.07) is 0. The molecule has 0 fully saturated rings. The Bertz CT molecular complexity index is 86.9. The monoisotopic (exact) mass is 128 g/mol. The van der Waals surface area contributed by atoms with E-state index >= 15 is 0 Å². The molecule has 2 heteroatoms. The van der Waals surface area contributed by atoms with E-state index in [1.165, 1.54) is 12.1 Å². The maximum absolute atomic E-state index is 4.10. The van der Waals surface area contributed by atoms with Crippen molar-refractivity contribution in [2.45, 2.75) is 33.1 Å². The van der Waals surface area contributed by atoms with Crippen LogP contribution in [0.4, 0.5) is 0 Å². The third-order valence-electron chi connectivity index (χ3n) is 1.22. The lowest BCUT2D eigenvalue weighted by atomic mass is 10.2. The molecule has 0 aliphatic carbocycles. The molecule has 0 aliphatic heterocycles. The molecule has 0 heterocycles. The minimum atomic E-state index is 1.06. The molecule has 0 aliphatic rings. The van der Waals surface area contributed by atoms with Crippen LogP contribution < -0.4 is 5.43 Å². The minimum absolute atomic E-state index is 1.06. The van der Waals surface area contributed by atoms with E-state index < -0.39 is 0 Å². The molecule has 0 aromatic heterocycles. The smallest absolute Gasteiger partial charge is 0.0375 e. The first-order valence-corrected chi connectivity index (χ1v) is 3.57. The highest BCUT2D eigenvalue weighted by Gasteiger charge is 1.91. The Labute approximate surface area is 57.3 Å². The van der Waals surface area contributed by atoms with Crippen LogP contribution in [0, 0.1) is 0 Å². The highest BCUT2D eigenvalue weighted by molar-refractivity contribution is 5.83. The van der Waals surface area contributed by atoms with Crippen LogP contribution >= 0.6 is 0 Å². The predicted octanol–water partition coefficient (Wildman–Crippen LogP) is 1.77. The van der Waals surface area contributed by atoms with Crippen LogP contribution in [-0.2, 0) is 0 Å². The lowest BCUT2D eigenvalue weighted by Gasteiger charge is -1.98. The second-order valence-electron chi connectivity index (χ2n) is 2.01. The van der Waals surface area contributed by atoms with Gasteiger partial charge in [0.25, 0.3) is 0 Å². The molecule has 2 nitrogen and oxygen atoms in total. The fourth-order valence-corrected chi connectivity index (χ4v) is 0.758. The van der Waals surface area contributed by atoms with Crippen molar-refractivity contribution >= 4 is 5.71 Å². The van der Waals surface area contributed by atoms with E-state index in [0.29, 0.717) is 0 Å². The number of rotatable bonds is 4. The van der Waals surface area contributed by atoms with Gasteiger partial charge in [-0.05, 0) is 12.8 Å². The van der Waals surface area contributed by atoms with Crippen LogP contribution in [0.15, 0.2) is 5.10 Å². The standard InChI is InChI=1S/C7H16N2/c1-4-6-7(5-2)9-8-3/h8H,4-6H2,1-3H3/b9-7+. The Hall–Kier alpha value is -0.530. The molecule has 0 saturated heterocycles. The molecule has 0 aromatic carbocycles. The van der Waals surface area contributed by atoms with E-state index in [1.807, 2.05) is 7.05 Å². The first kappa shape index (κ1) is 8.47. The first-order valence-electron chi connectivity index (χ1n) is 3.57. The second kappa shape index (κ2) is 5.60. The van der Waals surface area contributed by atoms with Crippen LogP contribution in [0.25, 0.3) is 0 Å². The van der Waals surface area contributed by atoms with Crippen LogP contribution in [0.3, 0.4) is 0 Å². The van der Waals surface area contributed by atoms with Gasteiger partial charge in [-0.15, -0.1) is 0 Å². The molecule has 54 valence electrons. The molecule has 9 heavy (non-hydrogen) atoms. The van der Waals surface area contributed by atoms with Crippen molar-refractivity contribution in [3.63, 3.8) is 0 Å². The normalized spacial score (nSPS) is 11.7. The zero-order valence-electron chi connectivity index (χ0n) is 6.57. The van der Waals surface area contributed by atoms with Gasteiger partial charge in [-0.1, -0.05) is 20.3 Å². The van der Waals surface area contributed by atoms with Crippen molar-refractivity contribution < 1.29 is 0 Å². The molecule has 0 bridgehead atoms. The Kier molecular flexibility index (Phi) is 5.27. The average Bonchev–Trinajstić information content (AvgIpc) is 1.88. The van der Waals surface area contributed by atoms with Crippen molar-refractivity contribution in [1.82, 2.24) is 5.43 Å². The molecular formula is C7H16N2. The van der Waals surface area contributed by atoms with Crippen LogP contribution in [0.1, 0.15) is 33.1 Å². The van der Waals surface area contributed by atoms with Crippen molar-refractivity contribution in [1.29, 1.82) is 0 Å². The third kappa shape index (κ3) is 4.01. The van der Waals surface area contributed by atoms with Gasteiger partial charge in [-0.25, -0.2) is 0 Å². The predicted molar refractivity (Wildman–Crippen MR) is 41.7 cm³/mol. The van der Waals surface area contributed by atoms with E-state index in [2.05, 4.69) is 24.4 Å². The number of nitrogens with one attached hydrogen (secondary N) is 1. The summed E-state index contributed by atoms with van der Waals surface area (Å²) in [5.41, 5.74) is 4.06. The highest BCUT2D eigenvalue weighted by Crippen LogP contribution is 1.94. The van der Waals surface area contributed by atoms with Crippen molar-refractivity contribution in [2.24, 2.45) is 5.10 Å². The zero-order chi connectivity index (χ0) is 7.11. The quantitative estimate of drug-likeness (QED) is 0.453. The largest absolute Gasteiger partial charge is 0.313 e. The van der Waals surface area contributed by atoms with E-state index in [4.69, 9.17) is 0 Å². The fourth-order valence-electron chi connectivity index (χ4n) is 0.758. The Morgan fingerprint density at radius 1 is 1.44 bits per heavy atom. The first-order chi connectivity index (χ1) is 4.35. The summed E-state index contributed by atoms with van der Waals surface area (Å²) in [5, 5.41) is 4.10. The Morgan fingerprint density at radius 2 is 2.11 bits per heavy atom. The van der Waals surface area contributed by atoms with Gasteiger partial charge in [0.1, 0.15) is 0 Å². The Morgan fingerprint density at radius 3 is 2.44 bits per heavy atom. The number of hydrazone groups is 1. The SMILES string of the molecule is CCC/C(CC)=N/NC. The summed E-state index contributed by atoms with van der Waals surface area (Å²) in [7, 11) is 1.84. The molecule has 0 rings (SSSR count). The van der Waals surface area contributed by atoms with E-state index in [0.717, 1.165) is 12.8 Å². The van der Waals surface area contributed by atoms with Crippen LogP contribution in [0.2, 0.25) is 0 Å². The zero-order valence-corrected chi connectivity index (χ0v) is 6.57. The third-order valence-corrected chi connectivity index (χ3v) is 1.22. The van der Waals surface area contributed by atoms with Gasteiger partial charge in [-0.2, -0.15) is 5.10 Å². The average molecular weight is 128 g/mol. The van der Waals surface area contributed by atoms with Crippen molar-refractivity contribution in [3.8, 4) is 0 Å². The van der Waals surface area contributed by atoms with Crippen molar-refractivity contribution in [2.75, 3.05) is 7.05 Å². The van der Waals surface area contributed by atoms with Crippen molar-refractivity contribution in [3.05, 3.63) is 0 Å². The summed E-state index contributed by atoms with van der Waals surface area (Å²) in [4.78, 5) is 0. The van der Waals surface area contributed by atoms with E-state index in [9.17, 15) is 0 Å². The molecule has 0 saturated carbocycles. The molecule has 0 aromatic rings. The Balaban J connectivity index is 3.53. The summed E-state index contributed by atoms with van der Waals surface area (Å²) in [6.45, 7) is 4.30. The topological polar surface area (TPSA) is 24.4 Å². The maximum atomic E-state index is 4.10. The maximum Gasteiger partial charge on any atom is 0.0375 e. The van der Waals surface area contributed by atoms with Gasteiger partial charge in [0.2, 0.25) is 0 Å². The molecule has 0 radical (unpaired) electrons. The van der Waals surface area contributed by atoms with Gasteiger partial charge in [-0.3, -0.25) is 0 Å². The summed E-state index contributed by atoms with van der Waals surface area (Å²) < 4.78 is 0. The van der Waals surface area contributed by atoms with Gasteiger partial charge >= 0.3 is 0 Å². The molecular weight excluding hydrogens is 112 g/mol. The molecule has 0 spiro atoms. The molecule has 0 atom stereocenters. The van der Waals surface area contributed by atoms with Gasteiger partial charge in [0.05, 0.1) is 0 Å². The lowest BCUT2D eigenvalue weighted by Crippen LogP contribution is -2.03. The fraction of sp³-hybridized carbons (Fsp3) is 0.857. The minimum Gasteiger partial charge on any atom is -0.313 e. The number of nitrogens with zero attached hydrogens (tertiary/aromatic N) is 1. The number of hydrogen-bond donors (Lipinski definition) is 1. The van der Waals surface area contributed by atoms with Crippen LogP contribution in [-0.4, -0.2) is 12.8 Å². The van der Waals surface area contributed by atoms with E-state index in [1.54, 1.807) is 0 Å². The summed E-state index contributed by atoms with van der Waals surface area (Å²) in [6.07, 6.45) is 3.38. The van der Waals surface area contributed by atoms with Gasteiger partial charge in [0, 0.05) is 12.8 Å². The van der Waals surface area contributed by atoms with E-state index in [-0.39, 0.29) is 0 Å².